The maximum atomic E-state index is 11.8. The summed E-state index contributed by atoms with van der Waals surface area (Å²) in [5, 5.41) is 0. The minimum Gasteiger partial charge on any atom is -0.331 e. The Bertz CT molecular complexity index is 640. The number of aromatic nitrogens is 2. The van der Waals surface area contributed by atoms with Crippen molar-refractivity contribution in [3.05, 3.63) is 29.6 Å². The lowest BCUT2D eigenvalue weighted by atomic mass is 9.95. The molecule has 0 radical (unpaired) electrons. The largest absolute Gasteiger partial charge is 0.331 e. The average Bonchev–Trinajstić information content (AvgIpc) is 3.13. The van der Waals surface area contributed by atoms with Crippen molar-refractivity contribution in [1.29, 1.82) is 0 Å². The molecule has 0 aliphatic heterocycles. The highest BCUT2D eigenvalue weighted by Crippen LogP contribution is 2.48. The van der Waals surface area contributed by atoms with Crippen LogP contribution < -0.4 is 11.3 Å². The fraction of sp³-hybridized carbons (Fsp3) is 0.385. The standard InChI is InChI=1S/C13H16N4O/c1-8-15-10-7-9(3-4-11(10)17(8)2)13(5-6-13)12(18)16-14/h3-4,7H,5-6,14H2,1-2H3,(H,16,18). The lowest BCUT2D eigenvalue weighted by Gasteiger charge is -2.13. The van der Waals surface area contributed by atoms with Gasteiger partial charge in [0.1, 0.15) is 5.82 Å². The van der Waals surface area contributed by atoms with Gasteiger partial charge < -0.3 is 4.57 Å². The van der Waals surface area contributed by atoms with Crippen molar-refractivity contribution < 1.29 is 4.79 Å². The summed E-state index contributed by atoms with van der Waals surface area (Å²) in [6, 6.07) is 6.03. The summed E-state index contributed by atoms with van der Waals surface area (Å²) in [5.74, 6) is 6.12. The molecule has 18 heavy (non-hydrogen) atoms. The van der Waals surface area contributed by atoms with E-state index in [1.165, 1.54) is 0 Å². The van der Waals surface area contributed by atoms with Crippen LogP contribution in [0, 0.1) is 6.92 Å². The highest BCUT2D eigenvalue weighted by molar-refractivity contribution is 5.92. The van der Waals surface area contributed by atoms with Crippen LogP contribution in [0.15, 0.2) is 18.2 Å². The number of fused-ring (bicyclic) bond motifs is 1. The molecule has 3 N–H and O–H groups in total. The van der Waals surface area contributed by atoms with Crippen LogP contribution in [0.2, 0.25) is 0 Å². The second-order valence-corrected chi connectivity index (χ2v) is 4.98. The molecule has 1 fully saturated rings. The van der Waals surface area contributed by atoms with Crippen LogP contribution in [0.5, 0.6) is 0 Å². The van der Waals surface area contributed by atoms with Crippen molar-refractivity contribution in [3.8, 4) is 0 Å². The molecule has 1 aromatic carbocycles. The number of carbonyl (C=O) groups excluding carboxylic acids is 1. The number of hydrogen-bond donors (Lipinski definition) is 2. The highest BCUT2D eigenvalue weighted by Gasteiger charge is 2.51. The molecule has 2 aromatic rings. The molecule has 5 heteroatoms. The number of carbonyl (C=O) groups is 1. The molecule has 1 saturated carbocycles. The monoisotopic (exact) mass is 244 g/mol. The van der Waals surface area contributed by atoms with Gasteiger partial charge in [-0.2, -0.15) is 0 Å². The van der Waals surface area contributed by atoms with Gasteiger partial charge in [-0.3, -0.25) is 10.2 Å². The van der Waals surface area contributed by atoms with Crippen LogP contribution in [-0.2, 0) is 17.3 Å². The van der Waals surface area contributed by atoms with Gasteiger partial charge in [0.05, 0.1) is 16.4 Å². The number of hydrogen-bond acceptors (Lipinski definition) is 3. The predicted octanol–water partition coefficient (Wildman–Crippen LogP) is 0.903. The zero-order valence-electron chi connectivity index (χ0n) is 10.5. The van der Waals surface area contributed by atoms with Gasteiger partial charge in [-0.05, 0) is 37.5 Å². The Morgan fingerprint density at radius 2 is 2.22 bits per heavy atom. The zero-order chi connectivity index (χ0) is 12.9. The summed E-state index contributed by atoms with van der Waals surface area (Å²) in [7, 11) is 1.99. The summed E-state index contributed by atoms with van der Waals surface area (Å²) < 4.78 is 2.04. The van der Waals surface area contributed by atoms with Gasteiger partial charge in [-0.25, -0.2) is 10.8 Å². The normalized spacial score (nSPS) is 16.8. The number of amides is 1. The Labute approximate surface area is 105 Å². The molecular weight excluding hydrogens is 228 g/mol. The van der Waals surface area contributed by atoms with E-state index >= 15 is 0 Å². The van der Waals surface area contributed by atoms with Gasteiger partial charge in [0.15, 0.2) is 0 Å². The molecule has 3 rings (SSSR count). The quantitative estimate of drug-likeness (QED) is 0.468. The minimum absolute atomic E-state index is 0.102. The van der Waals surface area contributed by atoms with Crippen LogP contribution in [0.3, 0.4) is 0 Å². The molecule has 1 aliphatic carbocycles. The topological polar surface area (TPSA) is 72.9 Å². The van der Waals surface area contributed by atoms with Gasteiger partial charge in [0, 0.05) is 7.05 Å². The Kier molecular flexibility index (Phi) is 2.22. The van der Waals surface area contributed by atoms with Gasteiger partial charge in [0.2, 0.25) is 5.91 Å². The number of nitrogens with zero attached hydrogens (tertiary/aromatic N) is 2. The fourth-order valence-electron chi connectivity index (χ4n) is 2.53. The van der Waals surface area contributed by atoms with E-state index in [4.69, 9.17) is 5.84 Å². The van der Waals surface area contributed by atoms with Crippen molar-refractivity contribution in [2.75, 3.05) is 0 Å². The third-order valence-corrected chi connectivity index (χ3v) is 3.97. The van der Waals surface area contributed by atoms with E-state index in [2.05, 4.69) is 10.4 Å². The van der Waals surface area contributed by atoms with Crippen molar-refractivity contribution in [2.24, 2.45) is 12.9 Å². The number of benzene rings is 1. The van der Waals surface area contributed by atoms with Crippen molar-refractivity contribution in [3.63, 3.8) is 0 Å². The number of rotatable bonds is 2. The SMILES string of the molecule is Cc1nc2cc(C3(C(=O)NN)CC3)ccc2n1C. The van der Waals surface area contributed by atoms with E-state index in [1.54, 1.807) is 0 Å². The van der Waals surface area contributed by atoms with Crippen LogP contribution in [0.25, 0.3) is 11.0 Å². The van der Waals surface area contributed by atoms with Crippen molar-refractivity contribution in [2.45, 2.75) is 25.2 Å². The Morgan fingerprint density at radius 3 is 2.83 bits per heavy atom. The molecule has 1 aromatic heterocycles. The Morgan fingerprint density at radius 1 is 1.50 bits per heavy atom. The number of hydrazine groups is 1. The van der Waals surface area contributed by atoms with Crippen LogP contribution in [-0.4, -0.2) is 15.5 Å². The molecule has 0 unspecified atom stereocenters. The van der Waals surface area contributed by atoms with Crippen molar-refractivity contribution in [1.82, 2.24) is 15.0 Å². The van der Waals surface area contributed by atoms with Gasteiger partial charge in [0.25, 0.3) is 0 Å². The molecular formula is C13H16N4O. The molecule has 1 heterocycles. The summed E-state index contributed by atoms with van der Waals surface area (Å²) in [4.78, 5) is 16.3. The molecule has 0 bridgehead atoms. The smallest absolute Gasteiger partial charge is 0.244 e. The average molecular weight is 244 g/mol. The maximum Gasteiger partial charge on any atom is 0.244 e. The van der Waals surface area contributed by atoms with E-state index in [0.29, 0.717) is 0 Å². The summed E-state index contributed by atoms with van der Waals surface area (Å²) >= 11 is 0. The Balaban J connectivity index is 2.12. The second kappa shape index (κ2) is 3.55. The first-order valence-electron chi connectivity index (χ1n) is 6.03. The van der Waals surface area contributed by atoms with Crippen LogP contribution in [0.1, 0.15) is 24.2 Å². The van der Waals surface area contributed by atoms with E-state index in [-0.39, 0.29) is 5.91 Å². The number of nitrogens with one attached hydrogen (secondary N) is 1. The van der Waals surface area contributed by atoms with Crippen molar-refractivity contribution >= 4 is 16.9 Å². The lowest BCUT2D eigenvalue weighted by molar-refractivity contribution is -0.123. The second-order valence-electron chi connectivity index (χ2n) is 4.98. The maximum absolute atomic E-state index is 11.8. The van der Waals surface area contributed by atoms with E-state index in [9.17, 15) is 4.79 Å². The van der Waals surface area contributed by atoms with Gasteiger partial charge >= 0.3 is 0 Å². The predicted molar refractivity (Wildman–Crippen MR) is 68.7 cm³/mol. The number of imidazole rings is 1. The Hall–Kier alpha value is -1.88. The van der Waals surface area contributed by atoms with Gasteiger partial charge in [-0.1, -0.05) is 6.07 Å². The summed E-state index contributed by atoms with van der Waals surface area (Å²) in [5.41, 5.74) is 4.87. The molecule has 0 spiro atoms. The first kappa shape index (κ1) is 11.2. The van der Waals surface area contributed by atoms with E-state index in [0.717, 1.165) is 35.3 Å². The van der Waals surface area contributed by atoms with Crippen LogP contribution in [0.4, 0.5) is 0 Å². The van der Waals surface area contributed by atoms with Gasteiger partial charge in [-0.15, -0.1) is 0 Å². The molecule has 5 nitrogen and oxygen atoms in total. The minimum atomic E-state index is -0.422. The van der Waals surface area contributed by atoms with E-state index < -0.39 is 5.41 Å². The number of aryl methyl sites for hydroxylation is 2. The molecule has 1 aliphatic rings. The molecule has 0 saturated heterocycles. The molecule has 94 valence electrons. The molecule has 1 amide bonds. The zero-order valence-corrected chi connectivity index (χ0v) is 10.5. The third-order valence-electron chi connectivity index (χ3n) is 3.97. The lowest BCUT2D eigenvalue weighted by Crippen LogP contribution is -2.39. The van der Waals surface area contributed by atoms with Crippen LogP contribution >= 0.6 is 0 Å². The first-order valence-corrected chi connectivity index (χ1v) is 6.03. The third kappa shape index (κ3) is 1.37. The summed E-state index contributed by atoms with van der Waals surface area (Å²) in [6.07, 6.45) is 1.71. The highest BCUT2D eigenvalue weighted by atomic mass is 16.2. The molecule has 0 atom stereocenters. The number of nitrogens with two attached hydrogens (primary N) is 1. The first-order chi connectivity index (χ1) is 8.58. The van der Waals surface area contributed by atoms with E-state index in [1.807, 2.05) is 36.7 Å². The summed E-state index contributed by atoms with van der Waals surface area (Å²) in [6.45, 7) is 1.97. The fourth-order valence-corrected chi connectivity index (χ4v) is 2.53.